The van der Waals surface area contributed by atoms with Crippen LogP contribution >= 0.6 is 0 Å². The molecular weight excluding hydrogens is 214 g/mol. The van der Waals surface area contributed by atoms with Crippen molar-refractivity contribution in [2.75, 3.05) is 32.7 Å². The molecule has 0 spiro atoms. The smallest absolute Gasteiger partial charge is 0.239 e. The molecule has 1 amide bonds. The number of likely N-dealkylation sites (tertiary alicyclic amines) is 1. The molecule has 2 saturated heterocycles. The molecule has 0 aromatic carbocycles. The zero-order valence-electron chi connectivity index (χ0n) is 11.3. The summed E-state index contributed by atoms with van der Waals surface area (Å²) in [5, 5.41) is 3.29. The maximum Gasteiger partial charge on any atom is 0.239 e. The normalized spacial score (nSPS) is 27.1. The molecule has 0 aromatic heterocycles. The molecular formula is C13H25N3O. The van der Waals surface area contributed by atoms with Crippen LogP contribution in [0.3, 0.4) is 0 Å². The van der Waals surface area contributed by atoms with Crippen molar-refractivity contribution < 1.29 is 4.79 Å². The largest absolute Gasteiger partial charge is 0.339 e. The monoisotopic (exact) mass is 239 g/mol. The minimum absolute atomic E-state index is 0.0330. The summed E-state index contributed by atoms with van der Waals surface area (Å²) in [4.78, 5) is 16.8. The van der Waals surface area contributed by atoms with Crippen molar-refractivity contribution in [3.05, 3.63) is 0 Å². The van der Waals surface area contributed by atoms with Crippen molar-refractivity contribution in [1.82, 2.24) is 15.1 Å². The Balaban J connectivity index is 1.98. The van der Waals surface area contributed by atoms with Gasteiger partial charge in [0, 0.05) is 31.7 Å². The highest BCUT2D eigenvalue weighted by Crippen LogP contribution is 2.30. The first-order valence-corrected chi connectivity index (χ1v) is 6.78. The lowest BCUT2D eigenvalue weighted by atomic mass is 10.0. The minimum atomic E-state index is 0.0330. The highest BCUT2D eigenvalue weighted by Gasteiger charge is 2.38. The predicted molar refractivity (Wildman–Crippen MR) is 68.9 cm³/mol. The molecule has 0 saturated carbocycles. The summed E-state index contributed by atoms with van der Waals surface area (Å²) < 4.78 is 0. The Labute approximate surface area is 104 Å². The Morgan fingerprint density at radius 1 is 1.24 bits per heavy atom. The summed E-state index contributed by atoms with van der Waals surface area (Å²) in [6.45, 7) is 11.2. The Kier molecular flexibility index (Phi) is 3.73. The quantitative estimate of drug-likeness (QED) is 0.770. The number of hydrogen-bond acceptors (Lipinski definition) is 3. The van der Waals surface area contributed by atoms with E-state index in [1.807, 2.05) is 4.90 Å². The van der Waals surface area contributed by atoms with Gasteiger partial charge in [-0.1, -0.05) is 0 Å². The number of piperazine rings is 1. The lowest BCUT2D eigenvalue weighted by Crippen LogP contribution is -2.55. The SMILES string of the molecule is CC(C(=O)N1CCNCC1)N1CCCC1(C)C. The summed E-state index contributed by atoms with van der Waals surface area (Å²) in [6, 6.07) is 0.0330. The van der Waals surface area contributed by atoms with Crippen LogP contribution in [0.2, 0.25) is 0 Å². The summed E-state index contributed by atoms with van der Waals surface area (Å²) in [6.07, 6.45) is 2.42. The number of amides is 1. The molecule has 2 fully saturated rings. The van der Waals surface area contributed by atoms with Gasteiger partial charge >= 0.3 is 0 Å². The van der Waals surface area contributed by atoms with E-state index in [9.17, 15) is 4.79 Å². The van der Waals surface area contributed by atoms with Crippen molar-refractivity contribution in [1.29, 1.82) is 0 Å². The molecule has 0 radical (unpaired) electrons. The predicted octanol–water partition coefficient (Wildman–Crippen LogP) is 0.681. The number of nitrogens with one attached hydrogen (secondary N) is 1. The van der Waals surface area contributed by atoms with Gasteiger partial charge in [0.05, 0.1) is 6.04 Å². The van der Waals surface area contributed by atoms with Gasteiger partial charge in [-0.05, 0) is 40.2 Å². The van der Waals surface area contributed by atoms with Crippen LogP contribution in [0.4, 0.5) is 0 Å². The number of hydrogen-bond donors (Lipinski definition) is 1. The average Bonchev–Trinajstić information content (AvgIpc) is 2.68. The summed E-state index contributed by atoms with van der Waals surface area (Å²) >= 11 is 0. The Morgan fingerprint density at radius 3 is 2.41 bits per heavy atom. The Bertz CT molecular complexity index is 284. The van der Waals surface area contributed by atoms with Crippen LogP contribution in [0.25, 0.3) is 0 Å². The van der Waals surface area contributed by atoms with Gasteiger partial charge in [0.25, 0.3) is 0 Å². The second kappa shape index (κ2) is 4.94. The minimum Gasteiger partial charge on any atom is -0.339 e. The average molecular weight is 239 g/mol. The van der Waals surface area contributed by atoms with Crippen LogP contribution in [0.5, 0.6) is 0 Å². The van der Waals surface area contributed by atoms with Crippen LogP contribution in [0, 0.1) is 0 Å². The first kappa shape index (κ1) is 12.8. The molecule has 0 bridgehead atoms. The van der Waals surface area contributed by atoms with Gasteiger partial charge in [-0.3, -0.25) is 9.69 Å². The molecule has 2 aliphatic heterocycles. The third-order valence-corrected chi connectivity index (χ3v) is 4.22. The van der Waals surface area contributed by atoms with E-state index in [0.29, 0.717) is 5.91 Å². The molecule has 1 unspecified atom stereocenters. The third-order valence-electron chi connectivity index (χ3n) is 4.22. The van der Waals surface area contributed by atoms with Crippen LogP contribution in [-0.2, 0) is 4.79 Å². The van der Waals surface area contributed by atoms with Crippen molar-refractivity contribution in [2.45, 2.75) is 45.2 Å². The van der Waals surface area contributed by atoms with E-state index in [-0.39, 0.29) is 11.6 Å². The highest BCUT2D eigenvalue weighted by atomic mass is 16.2. The van der Waals surface area contributed by atoms with Crippen molar-refractivity contribution in [2.24, 2.45) is 0 Å². The molecule has 1 atom stereocenters. The molecule has 4 heteroatoms. The number of nitrogens with zero attached hydrogens (tertiary/aromatic N) is 2. The fraction of sp³-hybridized carbons (Fsp3) is 0.923. The van der Waals surface area contributed by atoms with Crippen LogP contribution in [-0.4, -0.2) is 60.0 Å². The van der Waals surface area contributed by atoms with E-state index in [1.165, 1.54) is 12.8 Å². The first-order chi connectivity index (χ1) is 8.02. The molecule has 1 N–H and O–H groups in total. The van der Waals surface area contributed by atoms with E-state index in [2.05, 4.69) is 31.0 Å². The van der Waals surface area contributed by atoms with Crippen molar-refractivity contribution >= 4 is 5.91 Å². The van der Waals surface area contributed by atoms with Gasteiger partial charge in [0.2, 0.25) is 5.91 Å². The second-order valence-electron chi connectivity index (χ2n) is 5.86. The van der Waals surface area contributed by atoms with E-state index in [1.54, 1.807) is 0 Å². The van der Waals surface area contributed by atoms with Gasteiger partial charge in [0.15, 0.2) is 0 Å². The molecule has 0 aromatic rings. The third kappa shape index (κ3) is 2.63. The molecule has 0 aliphatic carbocycles. The van der Waals surface area contributed by atoms with Gasteiger partial charge in [-0.2, -0.15) is 0 Å². The Morgan fingerprint density at radius 2 is 1.88 bits per heavy atom. The first-order valence-electron chi connectivity index (χ1n) is 6.78. The maximum absolute atomic E-state index is 12.4. The van der Waals surface area contributed by atoms with Crippen LogP contribution < -0.4 is 5.32 Å². The number of carbonyl (C=O) groups is 1. The summed E-state index contributed by atoms with van der Waals surface area (Å²) in [7, 11) is 0. The van der Waals surface area contributed by atoms with Crippen LogP contribution in [0.15, 0.2) is 0 Å². The van der Waals surface area contributed by atoms with E-state index in [4.69, 9.17) is 0 Å². The molecule has 2 aliphatic rings. The molecule has 4 nitrogen and oxygen atoms in total. The maximum atomic E-state index is 12.4. The second-order valence-corrected chi connectivity index (χ2v) is 5.86. The van der Waals surface area contributed by atoms with E-state index >= 15 is 0 Å². The zero-order valence-corrected chi connectivity index (χ0v) is 11.3. The van der Waals surface area contributed by atoms with Gasteiger partial charge in [-0.25, -0.2) is 0 Å². The Hall–Kier alpha value is -0.610. The molecule has 17 heavy (non-hydrogen) atoms. The van der Waals surface area contributed by atoms with Gasteiger partial charge in [-0.15, -0.1) is 0 Å². The topological polar surface area (TPSA) is 35.6 Å². The molecule has 98 valence electrons. The molecule has 2 rings (SSSR count). The van der Waals surface area contributed by atoms with Crippen LogP contribution in [0.1, 0.15) is 33.6 Å². The summed E-state index contributed by atoms with van der Waals surface area (Å²) in [5.41, 5.74) is 0.184. The molecule has 2 heterocycles. The van der Waals surface area contributed by atoms with E-state index < -0.39 is 0 Å². The lowest BCUT2D eigenvalue weighted by molar-refractivity contribution is -0.138. The van der Waals surface area contributed by atoms with Gasteiger partial charge < -0.3 is 10.2 Å². The fourth-order valence-electron chi connectivity index (χ4n) is 3.13. The lowest BCUT2D eigenvalue weighted by Gasteiger charge is -2.39. The highest BCUT2D eigenvalue weighted by molar-refractivity contribution is 5.81. The number of carbonyl (C=O) groups excluding carboxylic acids is 1. The zero-order chi connectivity index (χ0) is 12.5. The van der Waals surface area contributed by atoms with Crippen molar-refractivity contribution in [3.63, 3.8) is 0 Å². The van der Waals surface area contributed by atoms with E-state index in [0.717, 1.165) is 32.7 Å². The fourth-order valence-corrected chi connectivity index (χ4v) is 3.13. The standard InChI is InChI=1S/C13H25N3O/c1-11(16-8-4-5-13(16,2)3)12(17)15-9-6-14-7-10-15/h11,14H,4-10H2,1-3H3. The number of rotatable bonds is 2. The van der Waals surface area contributed by atoms with Gasteiger partial charge in [0.1, 0.15) is 0 Å². The van der Waals surface area contributed by atoms with Crippen molar-refractivity contribution in [3.8, 4) is 0 Å². The summed E-state index contributed by atoms with van der Waals surface area (Å²) in [5.74, 6) is 0.307.